The zero-order valence-corrected chi connectivity index (χ0v) is 24.4. The first-order valence-electron chi connectivity index (χ1n) is 13.3. The van der Waals surface area contributed by atoms with E-state index in [1.54, 1.807) is 14.2 Å². The van der Waals surface area contributed by atoms with E-state index in [1.807, 2.05) is 48.5 Å². The summed E-state index contributed by atoms with van der Waals surface area (Å²) in [4.78, 5) is 0. The molecule has 0 heterocycles. The van der Waals surface area contributed by atoms with Gasteiger partial charge in [0.2, 0.25) is 6.79 Å². The topological polar surface area (TPSA) is 36.9 Å². The van der Waals surface area contributed by atoms with Crippen LogP contribution in [0.2, 0.25) is 0 Å². The Morgan fingerprint density at radius 3 is 1.15 bits per heavy atom. The fourth-order valence-corrected chi connectivity index (χ4v) is 4.39. The van der Waals surface area contributed by atoms with E-state index in [4.69, 9.17) is 18.9 Å². The van der Waals surface area contributed by atoms with Gasteiger partial charge in [0.1, 0.15) is 23.0 Å². The van der Waals surface area contributed by atoms with Crippen molar-refractivity contribution < 1.29 is 18.9 Å². The molecular weight excluding hydrogens is 484 g/mol. The van der Waals surface area contributed by atoms with Gasteiger partial charge >= 0.3 is 0 Å². The highest BCUT2D eigenvalue weighted by molar-refractivity contribution is 5.73. The van der Waals surface area contributed by atoms with Crippen molar-refractivity contribution in [1.82, 2.24) is 0 Å². The van der Waals surface area contributed by atoms with Crippen molar-refractivity contribution in [2.45, 2.75) is 52.4 Å². The van der Waals surface area contributed by atoms with Crippen molar-refractivity contribution in [1.29, 1.82) is 0 Å². The molecule has 0 bridgehead atoms. The Morgan fingerprint density at radius 2 is 0.846 bits per heavy atom. The van der Waals surface area contributed by atoms with Crippen LogP contribution >= 0.6 is 0 Å². The Kier molecular flexibility index (Phi) is 8.25. The van der Waals surface area contributed by atoms with Gasteiger partial charge in [0, 0.05) is 11.1 Å². The molecular formula is C35H40O4. The quantitative estimate of drug-likeness (QED) is 0.215. The van der Waals surface area contributed by atoms with Gasteiger partial charge < -0.3 is 18.9 Å². The zero-order chi connectivity index (χ0) is 28.2. The third-order valence-corrected chi connectivity index (χ3v) is 6.93. The average molecular weight is 525 g/mol. The second-order valence-electron chi connectivity index (χ2n) is 11.8. The molecule has 39 heavy (non-hydrogen) atoms. The first kappa shape index (κ1) is 28.1. The Morgan fingerprint density at radius 1 is 0.487 bits per heavy atom. The van der Waals surface area contributed by atoms with Crippen LogP contribution in [-0.4, -0.2) is 21.0 Å². The zero-order valence-electron chi connectivity index (χ0n) is 24.4. The maximum absolute atomic E-state index is 6.37. The molecule has 4 heteroatoms. The lowest BCUT2D eigenvalue weighted by Crippen LogP contribution is -2.14. The number of hydrogen-bond acceptors (Lipinski definition) is 4. The molecule has 4 nitrogen and oxygen atoms in total. The minimum Gasteiger partial charge on any atom is -0.497 e. The van der Waals surface area contributed by atoms with E-state index < -0.39 is 0 Å². The minimum atomic E-state index is -0.0139. The first-order valence-corrected chi connectivity index (χ1v) is 13.3. The lowest BCUT2D eigenvalue weighted by atomic mass is 9.86. The lowest BCUT2D eigenvalue weighted by molar-refractivity contribution is 0.120. The van der Waals surface area contributed by atoms with Gasteiger partial charge in [-0.1, -0.05) is 90.1 Å². The van der Waals surface area contributed by atoms with Crippen LogP contribution in [-0.2, 0) is 10.8 Å². The van der Waals surface area contributed by atoms with E-state index in [0.717, 1.165) is 45.3 Å². The van der Waals surface area contributed by atoms with Gasteiger partial charge in [-0.05, 0) is 69.5 Å². The maximum Gasteiger partial charge on any atom is 0.230 e. The Balaban J connectivity index is 1.66. The van der Waals surface area contributed by atoms with Crippen LogP contribution in [0.3, 0.4) is 0 Å². The molecule has 0 unspecified atom stereocenters. The monoisotopic (exact) mass is 524 g/mol. The molecule has 0 saturated carbocycles. The second-order valence-corrected chi connectivity index (χ2v) is 11.8. The number of benzene rings is 4. The number of rotatable bonds is 8. The van der Waals surface area contributed by atoms with E-state index in [1.165, 1.54) is 11.1 Å². The molecule has 0 amide bonds. The third kappa shape index (κ3) is 6.75. The average Bonchev–Trinajstić information content (AvgIpc) is 2.92. The summed E-state index contributed by atoms with van der Waals surface area (Å²) >= 11 is 0. The molecule has 0 spiro atoms. The van der Waals surface area contributed by atoms with Gasteiger partial charge in [-0.15, -0.1) is 0 Å². The molecule has 0 aromatic heterocycles. The fourth-order valence-electron chi connectivity index (χ4n) is 4.39. The summed E-state index contributed by atoms with van der Waals surface area (Å²) in [6.07, 6.45) is 0. The Labute approximate surface area is 233 Å². The third-order valence-electron chi connectivity index (χ3n) is 6.93. The van der Waals surface area contributed by atoms with Crippen LogP contribution in [0.25, 0.3) is 22.3 Å². The minimum absolute atomic E-state index is 0.0139. The second kappa shape index (κ2) is 11.4. The molecule has 0 radical (unpaired) electrons. The maximum atomic E-state index is 6.37. The highest BCUT2D eigenvalue weighted by atomic mass is 16.7. The van der Waals surface area contributed by atoms with Crippen molar-refractivity contribution in [2.24, 2.45) is 0 Å². The smallest absolute Gasteiger partial charge is 0.230 e. The van der Waals surface area contributed by atoms with Gasteiger partial charge in [0.05, 0.1) is 14.2 Å². The van der Waals surface area contributed by atoms with Crippen LogP contribution in [0, 0.1) is 0 Å². The summed E-state index contributed by atoms with van der Waals surface area (Å²) in [5.74, 6) is 3.21. The number of hydrogen-bond donors (Lipinski definition) is 0. The van der Waals surface area contributed by atoms with Gasteiger partial charge in [-0.2, -0.15) is 0 Å². The van der Waals surface area contributed by atoms with E-state index in [2.05, 4.69) is 77.9 Å². The molecule has 4 rings (SSSR count). The normalized spacial score (nSPS) is 11.7. The molecule has 0 fully saturated rings. The summed E-state index contributed by atoms with van der Waals surface area (Å²) in [5, 5.41) is 0. The number of ether oxygens (including phenoxy) is 4. The van der Waals surface area contributed by atoms with Crippen LogP contribution in [0.1, 0.15) is 52.7 Å². The summed E-state index contributed by atoms with van der Waals surface area (Å²) < 4.78 is 23.4. The SMILES string of the molecule is COc1ccc(-c2ccc(C(C)(C)C)cc2OCOc2cc(C(C)(C)C)ccc2-c2ccc(OC)cc2)cc1. The van der Waals surface area contributed by atoms with Crippen molar-refractivity contribution in [2.75, 3.05) is 21.0 Å². The largest absolute Gasteiger partial charge is 0.497 e. The summed E-state index contributed by atoms with van der Waals surface area (Å²) in [6, 6.07) is 28.9. The predicted molar refractivity (Wildman–Crippen MR) is 160 cm³/mol. The summed E-state index contributed by atoms with van der Waals surface area (Å²) in [5.41, 5.74) is 6.49. The molecule has 0 aliphatic heterocycles. The lowest BCUT2D eigenvalue weighted by Gasteiger charge is -2.23. The molecule has 4 aromatic carbocycles. The molecule has 0 aliphatic rings. The standard InChI is InChI=1S/C35H40O4/c1-34(2,3)26-13-19-30(24-9-15-28(36-7)16-10-24)32(21-26)38-23-39-33-22-27(35(4,5)6)14-20-31(33)25-11-17-29(37-8)18-12-25/h9-22H,23H2,1-8H3. The Hall–Kier alpha value is -3.92. The van der Waals surface area contributed by atoms with E-state index in [0.29, 0.717) is 0 Å². The van der Waals surface area contributed by atoms with E-state index in [9.17, 15) is 0 Å². The molecule has 0 saturated heterocycles. The number of methoxy groups -OCH3 is 2. The van der Waals surface area contributed by atoms with Crippen LogP contribution in [0.15, 0.2) is 84.9 Å². The van der Waals surface area contributed by atoms with Crippen molar-refractivity contribution in [3.63, 3.8) is 0 Å². The van der Waals surface area contributed by atoms with Gasteiger partial charge in [0.25, 0.3) is 0 Å². The van der Waals surface area contributed by atoms with Crippen molar-refractivity contribution >= 4 is 0 Å². The van der Waals surface area contributed by atoms with Crippen LogP contribution in [0.5, 0.6) is 23.0 Å². The first-order chi connectivity index (χ1) is 18.5. The van der Waals surface area contributed by atoms with Crippen molar-refractivity contribution in [3.05, 3.63) is 96.1 Å². The van der Waals surface area contributed by atoms with Crippen molar-refractivity contribution in [3.8, 4) is 45.3 Å². The van der Waals surface area contributed by atoms with Gasteiger partial charge in [0.15, 0.2) is 0 Å². The molecule has 0 N–H and O–H groups in total. The molecule has 204 valence electrons. The molecule has 0 atom stereocenters. The van der Waals surface area contributed by atoms with Crippen LogP contribution < -0.4 is 18.9 Å². The van der Waals surface area contributed by atoms with Gasteiger partial charge in [-0.3, -0.25) is 0 Å². The van der Waals surface area contributed by atoms with E-state index >= 15 is 0 Å². The summed E-state index contributed by atoms with van der Waals surface area (Å²) in [6.45, 7) is 13.3. The van der Waals surface area contributed by atoms with E-state index in [-0.39, 0.29) is 17.6 Å². The highest BCUT2D eigenvalue weighted by Crippen LogP contribution is 2.38. The van der Waals surface area contributed by atoms with Gasteiger partial charge in [-0.25, -0.2) is 0 Å². The summed E-state index contributed by atoms with van der Waals surface area (Å²) in [7, 11) is 3.35. The van der Waals surface area contributed by atoms with Crippen LogP contribution in [0.4, 0.5) is 0 Å². The Bertz CT molecular complexity index is 1280. The highest BCUT2D eigenvalue weighted by Gasteiger charge is 2.19. The fraction of sp³-hybridized carbons (Fsp3) is 0.314. The molecule has 0 aliphatic carbocycles. The molecule has 4 aromatic rings. The predicted octanol–water partition coefficient (Wildman–Crippen LogP) is 9.05.